The summed E-state index contributed by atoms with van der Waals surface area (Å²) in [4.78, 5) is 16.1. The first-order valence-corrected chi connectivity index (χ1v) is 7.98. The van der Waals surface area contributed by atoms with Crippen molar-refractivity contribution < 1.29 is 13.6 Å². The average Bonchev–Trinajstić information content (AvgIpc) is 3.16. The third-order valence-electron chi connectivity index (χ3n) is 3.83. The van der Waals surface area contributed by atoms with Crippen molar-refractivity contribution >= 4 is 11.9 Å². The van der Waals surface area contributed by atoms with Crippen molar-refractivity contribution in [2.24, 2.45) is 0 Å². The molecule has 0 radical (unpaired) electrons. The SMILES string of the molecule is Cc1cc(C(F)F)n(CC(=O)Nc2ncn(Cc3ccccc3C)n2)n1. The highest BCUT2D eigenvalue weighted by molar-refractivity contribution is 5.88. The maximum Gasteiger partial charge on any atom is 0.280 e. The predicted octanol–water partition coefficient (Wildman–Crippen LogP) is 2.72. The third kappa shape index (κ3) is 4.11. The first-order valence-electron chi connectivity index (χ1n) is 7.98. The molecule has 0 fully saturated rings. The second kappa shape index (κ2) is 7.42. The van der Waals surface area contributed by atoms with Gasteiger partial charge in [0.2, 0.25) is 11.9 Å². The van der Waals surface area contributed by atoms with E-state index >= 15 is 0 Å². The fourth-order valence-corrected chi connectivity index (χ4v) is 2.56. The molecule has 136 valence electrons. The lowest BCUT2D eigenvalue weighted by Crippen LogP contribution is -2.21. The second-order valence-corrected chi connectivity index (χ2v) is 5.91. The van der Waals surface area contributed by atoms with Crippen LogP contribution in [-0.2, 0) is 17.9 Å². The quantitative estimate of drug-likeness (QED) is 0.733. The lowest BCUT2D eigenvalue weighted by Gasteiger charge is -2.06. The molecule has 0 unspecified atom stereocenters. The van der Waals surface area contributed by atoms with Crippen LogP contribution in [0.1, 0.15) is 28.9 Å². The summed E-state index contributed by atoms with van der Waals surface area (Å²) in [6.07, 6.45) is -1.19. The van der Waals surface area contributed by atoms with Gasteiger partial charge in [-0.3, -0.25) is 14.8 Å². The van der Waals surface area contributed by atoms with E-state index in [1.807, 2.05) is 31.2 Å². The van der Waals surface area contributed by atoms with Crippen LogP contribution in [-0.4, -0.2) is 30.5 Å². The molecule has 7 nitrogen and oxygen atoms in total. The van der Waals surface area contributed by atoms with Crippen LogP contribution in [0.25, 0.3) is 0 Å². The Kier molecular flexibility index (Phi) is 5.06. The Morgan fingerprint density at radius 2 is 2.00 bits per heavy atom. The van der Waals surface area contributed by atoms with Gasteiger partial charge in [0.1, 0.15) is 18.6 Å². The van der Waals surface area contributed by atoms with E-state index in [9.17, 15) is 13.6 Å². The summed E-state index contributed by atoms with van der Waals surface area (Å²) in [6, 6.07) is 9.14. The van der Waals surface area contributed by atoms with Crippen LogP contribution in [0.15, 0.2) is 36.7 Å². The normalized spacial score (nSPS) is 11.1. The van der Waals surface area contributed by atoms with Crippen molar-refractivity contribution in [3.63, 3.8) is 0 Å². The van der Waals surface area contributed by atoms with Gasteiger partial charge in [0.05, 0.1) is 12.2 Å². The summed E-state index contributed by atoms with van der Waals surface area (Å²) in [6.45, 7) is 3.78. The number of benzene rings is 1. The third-order valence-corrected chi connectivity index (χ3v) is 3.83. The van der Waals surface area contributed by atoms with E-state index in [1.54, 1.807) is 11.6 Å². The number of nitrogens with zero attached hydrogens (tertiary/aromatic N) is 5. The van der Waals surface area contributed by atoms with Crippen molar-refractivity contribution in [3.05, 3.63) is 59.2 Å². The van der Waals surface area contributed by atoms with Crippen LogP contribution < -0.4 is 5.32 Å². The van der Waals surface area contributed by atoms with Gasteiger partial charge in [0, 0.05) is 0 Å². The molecule has 3 aromatic rings. The highest BCUT2D eigenvalue weighted by atomic mass is 19.3. The number of hydrogen-bond acceptors (Lipinski definition) is 4. The molecule has 2 aromatic heterocycles. The minimum atomic E-state index is -2.70. The van der Waals surface area contributed by atoms with E-state index in [2.05, 4.69) is 20.5 Å². The zero-order valence-electron chi connectivity index (χ0n) is 14.4. The molecular formula is C17H18F2N6O. The zero-order valence-corrected chi connectivity index (χ0v) is 14.4. The number of halogens is 2. The first-order chi connectivity index (χ1) is 12.4. The van der Waals surface area contributed by atoms with Crippen molar-refractivity contribution in [1.82, 2.24) is 24.5 Å². The van der Waals surface area contributed by atoms with Gasteiger partial charge in [-0.1, -0.05) is 24.3 Å². The van der Waals surface area contributed by atoms with Gasteiger partial charge in [-0.25, -0.2) is 18.4 Å². The van der Waals surface area contributed by atoms with Crippen LogP contribution in [0, 0.1) is 13.8 Å². The summed E-state index contributed by atoms with van der Waals surface area (Å²) < 4.78 is 28.5. The minimum Gasteiger partial charge on any atom is -0.292 e. The minimum absolute atomic E-state index is 0.117. The number of nitrogens with one attached hydrogen (secondary N) is 1. The fourth-order valence-electron chi connectivity index (χ4n) is 2.56. The van der Waals surface area contributed by atoms with Crippen LogP contribution in [0.5, 0.6) is 0 Å². The number of aryl methyl sites for hydroxylation is 2. The van der Waals surface area contributed by atoms with Crippen molar-refractivity contribution in [3.8, 4) is 0 Å². The Balaban J connectivity index is 1.64. The number of aromatic nitrogens is 5. The van der Waals surface area contributed by atoms with Gasteiger partial charge in [-0.15, -0.1) is 5.10 Å². The Hall–Kier alpha value is -3.10. The number of hydrogen-bond donors (Lipinski definition) is 1. The zero-order chi connectivity index (χ0) is 18.7. The number of alkyl halides is 2. The number of carbonyl (C=O) groups is 1. The van der Waals surface area contributed by atoms with Crippen molar-refractivity contribution in [2.75, 3.05) is 5.32 Å². The number of rotatable bonds is 6. The molecule has 0 atom stereocenters. The largest absolute Gasteiger partial charge is 0.292 e. The number of anilines is 1. The van der Waals surface area contributed by atoms with E-state index in [1.165, 1.54) is 12.4 Å². The van der Waals surface area contributed by atoms with Crippen LogP contribution in [0.3, 0.4) is 0 Å². The van der Waals surface area contributed by atoms with Gasteiger partial charge in [-0.05, 0) is 31.0 Å². The highest BCUT2D eigenvalue weighted by Crippen LogP contribution is 2.19. The summed E-state index contributed by atoms with van der Waals surface area (Å²) in [5, 5.41) is 10.6. The van der Waals surface area contributed by atoms with E-state index in [4.69, 9.17) is 0 Å². The number of carbonyl (C=O) groups excluding carboxylic acids is 1. The molecule has 1 aromatic carbocycles. The smallest absolute Gasteiger partial charge is 0.280 e. The van der Waals surface area contributed by atoms with Crippen LogP contribution in [0.4, 0.5) is 14.7 Å². The van der Waals surface area contributed by atoms with Crippen molar-refractivity contribution in [1.29, 1.82) is 0 Å². The maximum atomic E-state index is 12.9. The van der Waals surface area contributed by atoms with E-state index in [-0.39, 0.29) is 18.2 Å². The Labute approximate surface area is 148 Å². The summed E-state index contributed by atoms with van der Waals surface area (Å²) in [5.74, 6) is -0.408. The molecule has 0 bridgehead atoms. The summed E-state index contributed by atoms with van der Waals surface area (Å²) >= 11 is 0. The Bertz CT molecular complexity index is 918. The molecule has 9 heteroatoms. The van der Waals surface area contributed by atoms with Gasteiger partial charge >= 0.3 is 0 Å². The fraction of sp³-hybridized carbons (Fsp3) is 0.294. The Morgan fingerprint density at radius 3 is 2.73 bits per heavy atom. The molecule has 1 amide bonds. The van der Waals surface area contributed by atoms with Gasteiger partial charge in [-0.2, -0.15) is 5.10 Å². The standard InChI is InChI=1S/C17H18F2N6O/c1-11-5-3-4-6-13(11)8-24-10-20-17(23-24)21-15(26)9-25-14(16(18)19)7-12(2)22-25/h3-7,10,16H,8-9H2,1-2H3,(H,21,23,26). The van der Waals surface area contributed by atoms with Crippen LogP contribution in [0.2, 0.25) is 0 Å². The average molecular weight is 360 g/mol. The topological polar surface area (TPSA) is 77.6 Å². The van der Waals surface area contributed by atoms with Gasteiger partial charge in [0.25, 0.3) is 6.43 Å². The predicted molar refractivity (Wildman–Crippen MR) is 90.9 cm³/mol. The van der Waals surface area contributed by atoms with Gasteiger partial charge in [0.15, 0.2) is 0 Å². The summed E-state index contributed by atoms with van der Waals surface area (Å²) in [5.41, 5.74) is 2.34. The maximum absolute atomic E-state index is 12.9. The number of amides is 1. The Morgan fingerprint density at radius 1 is 1.23 bits per heavy atom. The van der Waals surface area contributed by atoms with E-state index in [0.717, 1.165) is 15.8 Å². The molecule has 0 aliphatic carbocycles. The molecular weight excluding hydrogens is 342 g/mol. The first kappa shape index (κ1) is 17.7. The monoisotopic (exact) mass is 360 g/mol. The molecule has 3 rings (SSSR count). The molecule has 0 aliphatic heterocycles. The van der Waals surface area contributed by atoms with Crippen molar-refractivity contribution in [2.45, 2.75) is 33.4 Å². The molecule has 1 N–H and O–H groups in total. The molecule has 26 heavy (non-hydrogen) atoms. The van der Waals surface area contributed by atoms with E-state index in [0.29, 0.717) is 12.2 Å². The lowest BCUT2D eigenvalue weighted by atomic mass is 10.1. The molecule has 0 saturated carbocycles. The highest BCUT2D eigenvalue weighted by Gasteiger charge is 2.18. The molecule has 2 heterocycles. The summed E-state index contributed by atoms with van der Waals surface area (Å²) in [7, 11) is 0. The molecule has 0 saturated heterocycles. The van der Waals surface area contributed by atoms with Gasteiger partial charge < -0.3 is 0 Å². The molecule has 0 aliphatic rings. The molecule has 0 spiro atoms. The van der Waals surface area contributed by atoms with E-state index < -0.39 is 12.3 Å². The second-order valence-electron chi connectivity index (χ2n) is 5.91. The lowest BCUT2D eigenvalue weighted by molar-refractivity contribution is -0.117. The van der Waals surface area contributed by atoms with Crippen LogP contribution >= 0.6 is 0 Å².